The highest BCUT2D eigenvalue weighted by Crippen LogP contribution is 2.26. The molecule has 1 aromatic heterocycles. The average Bonchev–Trinajstić information content (AvgIpc) is 2.93. The number of nitrogens with zero attached hydrogens (tertiary/aromatic N) is 3. The van der Waals surface area contributed by atoms with Crippen molar-refractivity contribution < 1.29 is 9.90 Å². The number of aromatic nitrogens is 3. The number of hydrogen-bond donors (Lipinski definition) is 1. The van der Waals surface area contributed by atoms with E-state index in [9.17, 15) is 9.90 Å². The molecule has 0 amide bonds. The van der Waals surface area contributed by atoms with Crippen LogP contribution in [0.3, 0.4) is 0 Å². The van der Waals surface area contributed by atoms with Gasteiger partial charge >= 0.3 is 5.97 Å². The number of hydrogen-bond acceptors (Lipinski definition) is 3. The summed E-state index contributed by atoms with van der Waals surface area (Å²) < 4.78 is 1.53. The lowest BCUT2D eigenvalue weighted by atomic mass is 10.1. The molecule has 1 N–H and O–H groups in total. The van der Waals surface area contributed by atoms with Crippen LogP contribution in [0.4, 0.5) is 0 Å². The van der Waals surface area contributed by atoms with Gasteiger partial charge in [0.25, 0.3) is 0 Å². The van der Waals surface area contributed by atoms with E-state index < -0.39 is 5.97 Å². The molecule has 0 aliphatic heterocycles. The molecular weight excluding hydrogens is 302 g/mol. The first kappa shape index (κ1) is 14.3. The van der Waals surface area contributed by atoms with Crippen molar-refractivity contribution in [3.05, 3.63) is 64.8 Å². The van der Waals surface area contributed by atoms with Crippen molar-refractivity contribution in [3.63, 3.8) is 0 Å². The maximum atomic E-state index is 11.4. The van der Waals surface area contributed by atoms with Crippen molar-refractivity contribution in [2.75, 3.05) is 0 Å². The molecule has 0 radical (unpaired) electrons. The third-order valence-electron chi connectivity index (χ3n) is 3.24. The van der Waals surface area contributed by atoms with Gasteiger partial charge in [-0.2, -0.15) is 0 Å². The highest BCUT2D eigenvalue weighted by molar-refractivity contribution is 6.30. The van der Waals surface area contributed by atoms with Crippen molar-refractivity contribution in [3.8, 4) is 16.9 Å². The van der Waals surface area contributed by atoms with E-state index in [4.69, 9.17) is 11.6 Å². The van der Waals surface area contributed by atoms with E-state index in [1.165, 1.54) is 4.68 Å². The van der Waals surface area contributed by atoms with Gasteiger partial charge in [-0.3, -0.25) is 0 Å². The van der Waals surface area contributed by atoms with Crippen molar-refractivity contribution in [2.24, 2.45) is 0 Å². The second-order valence-electron chi connectivity index (χ2n) is 4.85. The van der Waals surface area contributed by atoms with Crippen LogP contribution in [0.15, 0.2) is 48.5 Å². The molecule has 1 heterocycles. The lowest BCUT2D eigenvalue weighted by Gasteiger charge is -2.08. The molecule has 0 saturated heterocycles. The summed E-state index contributed by atoms with van der Waals surface area (Å²) in [5, 5.41) is 17.7. The Kier molecular flexibility index (Phi) is 3.65. The first-order valence-corrected chi connectivity index (χ1v) is 6.96. The van der Waals surface area contributed by atoms with Crippen LogP contribution in [0, 0.1) is 6.92 Å². The Hall–Kier alpha value is -2.66. The summed E-state index contributed by atoms with van der Waals surface area (Å²) in [5.41, 5.74) is 2.82. The van der Waals surface area contributed by atoms with Gasteiger partial charge in [-0.05, 0) is 36.8 Å². The Labute approximate surface area is 131 Å². The van der Waals surface area contributed by atoms with Crippen LogP contribution in [0.5, 0.6) is 0 Å². The zero-order valence-corrected chi connectivity index (χ0v) is 12.4. The second kappa shape index (κ2) is 5.61. The molecule has 0 saturated carbocycles. The van der Waals surface area contributed by atoms with Gasteiger partial charge in [-0.1, -0.05) is 41.1 Å². The van der Waals surface area contributed by atoms with E-state index in [1.54, 1.807) is 24.3 Å². The first-order valence-electron chi connectivity index (χ1n) is 6.58. The van der Waals surface area contributed by atoms with E-state index in [0.29, 0.717) is 16.3 Å². The molecule has 0 spiro atoms. The van der Waals surface area contributed by atoms with Crippen LogP contribution in [0.2, 0.25) is 5.02 Å². The standard InChI is InChI=1S/C16H12ClN3O2/c1-10-3-2-4-13(9-10)20-15(14(16(21)22)18-19-20)11-5-7-12(17)8-6-11/h2-9H,1H3,(H,21,22). The molecule has 22 heavy (non-hydrogen) atoms. The highest BCUT2D eigenvalue weighted by atomic mass is 35.5. The van der Waals surface area contributed by atoms with Gasteiger partial charge in [0.15, 0.2) is 5.69 Å². The second-order valence-corrected chi connectivity index (χ2v) is 5.29. The summed E-state index contributed by atoms with van der Waals surface area (Å²) in [6, 6.07) is 14.5. The lowest BCUT2D eigenvalue weighted by molar-refractivity contribution is 0.0691. The lowest BCUT2D eigenvalue weighted by Crippen LogP contribution is -2.03. The van der Waals surface area contributed by atoms with Crippen LogP contribution < -0.4 is 0 Å². The fraction of sp³-hybridized carbons (Fsp3) is 0.0625. The molecule has 5 nitrogen and oxygen atoms in total. The summed E-state index contributed by atoms with van der Waals surface area (Å²) in [5.74, 6) is -1.12. The molecule has 0 unspecified atom stereocenters. The van der Waals surface area contributed by atoms with Gasteiger partial charge in [-0.15, -0.1) is 5.10 Å². The largest absolute Gasteiger partial charge is 0.476 e. The van der Waals surface area contributed by atoms with Crippen molar-refractivity contribution in [2.45, 2.75) is 6.92 Å². The molecule has 2 aromatic carbocycles. The van der Waals surface area contributed by atoms with E-state index in [2.05, 4.69) is 10.3 Å². The maximum Gasteiger partial charge on any atom is 0.358 e. The summed E-state index contributed by atoms with van der Waals surface area (Å²) in [6.07, 6.45) is 0. The van der Waals surface area contributed by atoms with Gasteiger partial charge in [0.2, 0.25) is 0 Å². The molecule has 3 rings (SSSR count). The zero-order valence-electron chi connectivity index (χ0n) is 11.7. The predicted molar refractivity (Wildman–Crippen MR) is 83.5 cm³/mol. The highest BCUT2D eigenvalue weighted by Gasteiger charge is 2.21. The number of halogens is 1. The molecular formula is C16H12ClN3O2. The summed E-state index contributed by atoms with van der Waals surface area (Å²) in [7, 11) is 0. The first-order chi connectivity index (χ1) is 10.6. The topological polar surface area (TPSA) is 68.0 Å². The van der Waals surface area contributed by atoms with Crippen LogP contribution in [0.1, 0.15) is 16.1 Å². The molecule has 6 heteroatoms. The van der Waals surface area contributed by atoms with Gasteiger partial charge < -0.3 is 5.11 Å². The predicted octanol–water partition coefficient (Wildman–Crippen LogP) is 3.59. The number of aromatic carboxylic acids is 1. The minimum absolute atomic E-state index is 0.0937. The maximum absolute atomic E-state index is 11.4. The Bertz CT molecular complexity index is 841. The van der Waals surface area contributed by atoms with Crippen molar-refractivity contribution in [1.82, 2.24) is 15.0 Å². The molecule has 0 bridgehead atoms. The molecule has 0 aliphatic rings. The quantitative estimate of drug-likeness (QED) is 0.802. The monoisotopic (exact) mass is 313 g/mol. The number of carboxylic acids is 1. The van der Waals surface area contributed by atoms with E-state index in [0.717, 1.165) is 11.3 Å². The van der Waals surface area contributed by atoms with E-state index in [-0.39, 0.29) is 5.69 Å². The van der Waals surface area contributed by atoms with Gasteiger partial charge in [0.05, 0.1) is 5.69 Å². The summed E-state index contributed by atoms with van der Waals surface area (Å²) in [6.45, 7) is 1.96. The molecule has 0 atom stereocenters. The Balaban J connectivity index is 2.24. The van der Waals surface area contributed by atoms with Crippen LogP contribution in [-0.4, -0.2) is 26.1 Å². The Morgan fingerprint density at radius 3 is 2.55 bits per heavy atom. The fourth-order valence-electron chi connectivity index (χ4n) is 2.23. The van der Waals surface area contributed by atoms with Crippen LogP contribution >= 0.6 is 11.6 Å². The molecule has 110 valence electrons. The number of carbonyl (C=O) groups is 1. The normalized spacial score (nSPS) is 10.6. The smallest absolute Gasteiger partial charge is 0.358 e. The van der Waals surface area contributed by atoms with Gasteiger partial charge in [-0.25, -0.2) is 9.48 Å². The SMILES string of the molecule is Cc1cccc(-n2nnc(C(=O)O)c2-c2ccc(Cl)cc2)c1. The third kappa shape index (κ3) is 2.58. The number of carboxylic acid groups (broad SMARTS) is 1. The molecule has 3 aromatic rings. The van der Waals surface area contributed by atoms with Crippen molar-refractivity contribution >= 4 is 17.6 Å². The van der Waals surface area contributed by atoms with Crippen LogP contribution in [0.25, 0.3) is 16.9 Å². The number of aryl methyl sites for hydroxylation is 1. The van der Waals surface area contributed by atoms with Gasteiger partial charge in [0, 0.05) is 10.6 Å². The van der Waals surface area contributed by atoms with Crippen molar-refractivity contribution in [1.29, 1.82) is 0 Å². The van der Waals surface area contributed by atoms with Gasteiger partial charge in [0.1, 0.15) is 5.69 Å². The molecule has 0 fully saturated rings. The van der Waals surface area contributed by atoms with E-state index >= 15 is 0 Å². The average molecular weight is 314 g/mol. The number of benzene rings is 2. The zero-order chi connectivity index (χ0) is 15.7. The minimum atomic E-state index is -1.12. The third-order valence-corrected chi connectivity index (χ3v) is 3.49. The molecule has 0 aliphatic carbocycles. The minimum Gasteiger partial charge on any atom is -0.476 e. The summed E-state index contributed by atoms with van der Waals surface area (Å²) >= 11 is 5.90. The fourth-order valence-corrected chi connectivity index (χ4v) is 2.36. The van der Waals surface area contributed by atoms with E-state index in [1.807, 2.05) is 31.2 Å². The Morgan fingerprint density at radius 2 is 1.91 bits per heavy atom. The van der Waals surface area contributed by atoms with Crippen LogP contribution in [-0.2, 0) is 0 Å². The summed E-state index contributed by atoms with van der Waals surface area (Å²) in [4.78, 5) is 11.4. The Morgan fingerprint density at radius 1 is 1.18 bits per heavy atom. The number of rotatable bonds is 3.